The van der Waals surface area contributed by atoms with E-state index < -0.39 is 22.8 Å². The van der Waals surface area contributed by atoms with Crippen LogP contribution >= 0.6 is 11.6 Å². The summed E-state index contributed by atoms with van der Waals surface area (Å²) in [5.41, 5.74) is 7.00. The fraction of sp³-hybridized carbons (Fsp3) is 0.423. The standard InChI is InChI=1S/C52H64ClN7O6/c1-12-50(6,7)33-18-25-42(37(27-33)51(8,9)13-2)66-26-14-15-43(61)55-34-19-23-38(53)39(28-34)57-47(64)44(45(62)49(3,4)5)59-31-54-40-29-35(20-24-41(40)59)56-46(63)32-16-21-36(22-17-32)60-30-52(10,11)48(65)58-60/h16-25,27-29,31,44H,12-15,26,30H2,1-11H3,(H,55,61)(H,56,63)(H,57,64)(H,58,65). The predicted octanol–water partition coefficient (Wildman–Crippen LogP) is 10.8. The van der Waals surface area contributed by atoms with Crippen LogP contribution in [0, 0.1) is 10.8 Å². The topological polar surface area (TPSA) is 164 Å². The minimum atomic E-state index is -1.34. The summed E-state index contributed by atoms with van der Waals surface area (Å²) in [6.45, 7) is 23.1. The Morgan fingerprint density at radius 3 is 2.14 bits per heavy atom. The van der Waals surface area contributed by atoms with Crippen molar-refractivity contribution in [3.8, 4) is 5.75 Å². The van der Waals surface area contributed by atoms with Crippen LogP contribution in [-0.2, 0) is 30.0 Å². The molecule has 2 heterocycles. The van der Waals surface area contributed by atoms with Crippen molar-refractivity contribution in [1.82, 2.24) is 15.0 Å². The van der Waals surface area contributed by atoms with E-state index >= 15 is 0 Å². The highest BCUT2D eigenvalue weighted by Gasteiger charge is 2.39. The number of ketones is 1. The number of carbonyl (C=O) groups excluding carboxylic acids is 5. The van der Waals surface area contributed by atoms with E-state index in [4.69, 9.17) is 16.3 Å². The van der Waals surface area contributed by atoms with Gasteiger partial charge in [0.05, 0.1) is 52.3 Å². The number of rotatable bonds is 17. The molecule has 1 aliphatic heterocycles. The lowest BCUT2D eigenvalue weighted by atomic mass is 9.76. The monoisotopic (exact) mass is 917 g/mol. The number of aromatic nitrogens is 2. The highest BCUT2D eigenvalue weighted by atomic mass is 35.5. The quantitative estimate of drug-likeness (QED) is 0.0529. The number of hydrogen-bond donors (Lipinski definition) is 4. The largest absolute Gasteiger partial charge is 0.493 e. The minimum absolute atomic E-state index is 0.0423. The molecule has 0 saturated carbocycles. The SMILES string of the molecule is CCC(C)(C)c1ccc(OCCCC(=O)Nc2ccc(Cl)c(NC(=O)C(C(=O)C(C)(C)C)n3cnc4cc(NC(=O)c5ccc(N6CC(C)(C)C(=O)N6)cc5)ccc43)c2)c(C(C)(C)CC)c1. The number of hydrogen-bond acceptors (Lipinski definition) is 8. The second-order valence-corrected chi connectivity index (χ2v) is 20.6. The molecule has 14 heteroatoms. The Labute approximate surface area is 393 Å². The van der Waals surface area contributed by atoms with Gasteiger partial charge in [0.25, 0.3) is 11.8 Å². The summed E-state index contributed by atoms with van der Waals surface area (Å²) in [6, 6.07) is 21.8. The first-order valence-corrected chi connectivity index (χ1v) is 23.0. The number of nitrogens with zero attached hydrogens (tertiary/aromatic N) is 3. The van der Waals surface area contributed by atoms with Crippen LogP contribution in [0.2, 0.25) is 5.02 Å². The maximum Gasteiger partial charge on any atom is 0.255 e. The van der Waals surface area contributed by atoms with Gasteiger partial charge in [-0.1, -0.05) is 86.0 Å². The molecule has 0 bridgehead atoms. The number of nitrogens with one attached hydrogen (secondary N) is 4. The summed E-state index contributed by atoms with van der Waals surface area (Å²) in [5, 5.41) is 10.6. The normalized spacial score (nSPS) is 14.4. The van der Waals surface area contributed by atoms with Crippen molar-refractivity contribution in [2.45, 2.75) is 119 Å². The Kier molecular flexibility index (Phi) is 14.4. The van der Waals surface area contributed by atoms with Gasteiger partial charge in [-0.05, 0) is 116 Å². The number of fused-ring (bicyclic) bond motifs is 1. The molecule has 0 aliphatic carbocycles. The average molecular weight is 919 g/mol. The van der Waals surface area contributed by atoms with Crippen LogP contribution in [0.25, 0.3) is 11.0 Å². The number of halogens is 1. The number of hydrazine groups is 1. The number of imidazole rings is 1. The number of benzene rings is 4. The molecule has 1 unspecified atom stereocenters. The van der Waals surface area contributed by atoms with E-state index in [1.165, 1.54) is 16.5 Å². The second kappa shape index (κ2) is 19.3. The van der Waals surface area contributed by atoms with Crippen LogP contribution in [0.4, 0.5) is 22.7 Å². The number of ether oxygens (including phenoxy) is 1. The van der Waals surface area contributed by atoms with Crippen molar-refractivity contribution < 1.29 is 28.7 Å². The van der Waals surface area contributed by atoms with Gasteiger partial charge in [0.2, 0.25) is 11.8 Å². The molecule has 6 rings (SSSR count). The second-order valence-electron chi connectivity index (χ2n) is 20.2. The molecule has 0 spiro atoms. The fourth-order valence-corrected chi connectivity index (χ4v) is 7.73. The smallest absolute Gasteiger partial charge is 0.255 e. The molecule has 1 aromatic heterocycles. The van der Waals surface area contributed by atoms with E-state index in [9.17, 15) is 24.0 Å². The van der Waals surface area contributed by atoms with Gasteiger partial charge in [0, 0.05) is 34.3 Å². The fourth-order valence-electron chi connectivity index (χ4n) is 7.57. The molecule has 4 amide bonds. The summed E-state index contributed by atoms with van der Waals surface area (Å²) in [5.74, 6) is -0.839. The molecule has 5 aromatic rings. The first kappa shape index (κ1) is 49.2. The summed E-state index contributed by atoms with van der Waals surface area (Å²) in [4.78, 5) is 71.4. The van der Waals surface area contributed by atoms with Gasteiger partial charge in [-0.3, -0.25) is 34.4 Å². The molecule has 66 heavy (non-hydrogen) atoms. The number of amides is 4. The van der Waals surface area contributed by atoms with Crippen molar-refractivity contribution in [3.05, 3.63) is 107 Å². The Morgan fingerprint density at radius 2 is 1.50 bits per heavy atom. The van der Waals surface area contributed by atoms with E-state index in [2.05, 4.69) is 86.1 Å². The molecule has 0 radical (unpaired) electrons. The molecule has 350 valence electrons. The average Bonchev–Trinajstić information content (AvgIpc) is 3.80. The summed E-state index contributed by atoms with van der Waals surface area (Å²) in [6.07, 6.45) is 4.07. The van der Waals surface area contributed by atoms with E-state index in [-0.39, 0.29) is 51.5 Å². The van der Waals surface area contributed by atoms with E-state index in [0.717, 1.165) is 29.8 Å². The first-order chi connectivity index (χ1) is 30.9. The van der Waals surface area contributed by atoms with Crippen LogP contribution in [-0.4, -0.2) is 52.1 Å². The molecular weight excluding hydrogens is 854 g/mol. The van der Waals surface area contributed by atoms with E-state index in [1.807, 2.05) is 13.8 Å². The van der Waals surface area contributed by atoms with Crippen LogP contribution in [0.15, 0.2) is 85.2 Å². The zero-order valence-electron chi connectivity index (χ0n) is 40.1. The van der Waals surface area contributed by atoms with Gasteiger partial charge < -0.3 is 25.3 Å². The zero-order valence-corrected chi connectivity index (χ0v) is 40.8. The van der Waals surface area contributed by atoms with Crippen molar-refractivity contribution in [2.75, 3.05) is 34.1 Å². The molecule has 1 fully saturated rings. The lowest BCUT2D eigenvalue weighted by Gasteiger charge is -2.30. The number of Topliss-reactive ketones (excluding diaryl/α,β-unsaturated/α-hetero) is 1. The highest BCUT2D eigenvalue weighted by Crippen LogP contribution is 2.39. The molecule has 1 saturated heterocycles. The maximum atomic E-state index is 14.2. The van der Waals surface area contributed by atoms with E-state index in [1.54, 1.807) is 86.4 Å². The van der Waals surface area contributed by atoms with Gasteiger partial charge in [-0.15, -0.1) is 0 Å². The molecule has 1 aliphatic rings. The third-order valence-electron chi connectivity index (χ3n) is 12.8. The van der Waals surface area contributed by atoms with Gasteiger partial charge in [0.15, 0.2) is 11.8 Å². The van der Waals surface area contributed by atoms with E-state index in [0.29, 0.717) is 47.5 Å². The number of anilines is 4. The summed E-state index contributed by atoms with van der Waals surface area (Å²) in [7, 11) is 0. The van der Waals surface area contributed by atoms with Crippen LogP contribution in [0.3, 0.4) is 0 Å². The summed E-state index contributed by atoms with van der Waals surface area (Å²) < 4.78 is 7.79. The molecule has 4 N–H and O–H groups in total. The maximum absolute atomic E-state index is 14.2. The third-order valence-corrected chi connectivity index (χ3v) is 13.1. The van der Waals surface area contributed by atoms with Gasteiger partial charge in [0.1, 0.15) is 5.75 Å². The highest BCUT2D eigenvalue weighted by molar-refractivity contribution is 6.34. The van der Waals surface area contributed by atoms with Gasteiger partial charge in [-0.2, -0.15) is 0 Å². The summed E-state index contributed by atoms with van der Waals surface area (Å²) >= 11 is 6.59. The minimum Gasteiger partial charge on any atom is -0.493 e. The van der Waals surface area contributed by atoms with Crippen LogP contribution in [0.1, 0.15) is 129 Å². The Morgan fingerprint density at radius 1 is 0.833 bits per heavy atom. The van der Waals surface area contributed by atoms with Crippen molar-refractivity contribution in [2.24, 2.45) is 10.8 Å². The lowest BCUT2D eigenvalue weighted by molar-refractivity contribution is -0.135. The van der Waals surface area contributed by atoms with Gasteiger partial charge in [-0.25, -0.2) is 4.98 Å². The van der Waals surface area contributed by atoms with Crippen molar-refractivity contribution >= 4 is 74.8 Å². The van der Waals surface area contributed by atoms with Crippen molar-refractivity contribution in [3.63, 3.8) is 0 Å². The molecular formula is C52H64ClN7O6. The first-order valence-electron chi connectivity index (χ1n) is 22.6. The lowest BCUT2D eigenvalue weighted by Crippen LogP contribution is -2.38. The van der Waals surface area contributed by atoms with Gasteiger partial charge >= 0.3 is 0 Å². The van der Waals surface area contributed by atoms with Crippen LogP contribution in [0.5, 0.6) is 5.75 Å². The number of carbonyl (C=O) groups is 5. The Balaban J connectivity index is 1.11. The molecule has 1 atom stereocenters. The van der Waals surface area contributed by atoms with Crippen LogP contribution < -0.4 is 31.1 Å². The molecule has 13 nitrogen and oxygen atoms in total. The molecule has 4 aromatic carbocycles. The predicted molar refractivity (Wildman–Crippen MR) is 263 cm³/mol. The zero-order chi connectivity index (χ0) is 48.4. The Hall–Kier alpha value is -6.21. The van der Waals surface area contributed by atoms with Crippen molar-refractivity contribution in [1.29, 1.82) is 0 Å². The third kappa shape index (κ3) is 11.1. The Bertz CT molecular complexity index is 2640.